The maximum Gasteiger partial charge on any atom is 0.185 e. The number of nitrogens with zero attached hydrogens (tertiary/aromatic N) is 3. The van der Waals surface area contributed by atoms with E-state index in [-0.39, 0.29) is 11.3 Å². The molecule has 0 aliphatic carbocycles. The van der Waals surface area contributed by atoms with E-state index in [0.29, 0.717) is 10.7 Å². The van der Waals surface area contributed by atoms with Crippen molar-refractivity contribution in [3.63, 3.8) is 0 Å². The lowest BCUT2D eigenvalue weighted by Gasteiger charge is -2.21. The average molecular weight is 307 g/mol. The smallest absolute Gasteiger partial charge is 0.185 e. The number of hydrogen-bond acceptors (Lipinski definition) is 4. The third-order valence-electron chi connectivity index (χ3n) is 3.41. The average Bonchev–Trinajstić information content (AvgIpc) is 2.79. The van der Waals surface area contributed by atoms with Gasteiger partial charge in [0.15, 0.2) is 9.84 Å². The second-order valence-corrected chi connectivity index (χ2v) is 8.25. The van der Waals surface area contributed by atoms with Gasteiger partial charge in [-0.15, -0.1) is 0 Å². The molecule has 1 aromatic carbocycles. The van der Waals surface area contributed by atoms with Gasteiger partial charge in [0, 0.05) is 0 Å². The van der Waals surface area contributed by atoms with Crippen LogP contribution in [-0.2, 0) is 21.1 Å². The summed E-state index contributed by atoms with van der Waals surface area (Å²) >= 11 is 0. The molecule has 0 fully saturated rings. The number of aryl methyl sites for hydroxylation is 2. The molecule has 0 N–H and O–H groups in total. The molecule has 0 saturated carbocycles. The number of benzene rings is 1. The summed E-state index contributed by atoms with van der Waals surface area (Å²) < 4.78 is 26.8. The van der Waals surface area contributed by atoms with Gasteiger partial charge in [0.2, 0.25) is 0 Å². The third kappa shape index (κ3) is 3.32. The van der Waals surface area contributed by atoms with Crippen molar-refractivity contribution in [2.75, 3.05) is 0 Å². The molecule has 0 saturated heterocycles. The van der Waals surface area contributed by atoms with E-state index < -0.39 is 9.84 Å². The summed E-state index contributed by atoms with van der Waals surface area (Å²) in [4.78, 5) is 4.43. The molecule has 5 nitrogen and oxygen atoms in total. The summed E-state index contributed by atoms with van der Waals surface area (Å²) in [6.07, 6.45) is 1.40. The fourth-order valence-electron chi connectivity index (χ4n) is 2.08. The van der Waals surface area contributed by atoms with Gasteiger partial charge in [-0.1, -0.05) is 6.07 Å². The Hall–Kier alpha value is -1.69. The van der Waals surface area contributed by atoms with Crippen LogP contribution in [0, 0.1) is 13.8 Å². The first kappa shape index (κ1) is 15.7. The van der Waals surface area contributed by atoms with E-state index in [1.54, 1.807) is 16.8 Å². The van der Waals surface area contributed by atoms with Gasteiger partial charge >= 0.3 is 0 Å². The highest BCUT2D eigenvalue weighted by Gasteiger charge is 2.24. The molecular formula is C15H21N3O2S. The van der Waals surface area contributed by atoms with Crippen molar-refractivity contribution in [3.05, 3.63) is 41.5 Å². The standard InChI is InChI=1S/C15H21N3O2S/c1-11-6-7-13(8-12(11)2)21(19,20)9-14-16-10-17-18(14)15(3,4)5/h6-8,10H,9H2,1-5H3. The lowest BCUT2D eigenvalue weighted by molar-refractivity contribution is 0.345. The van der Waals surface area contributed by atoms with Crippen LogP contribution in [-0.4, -0.2) is 23.2 Å². The molecule has 2 rings (SSSR count). The molecule has 0 amide bonds. The molecule has 0 aliphatic heterocycles. The maximum atomic E-state index is 12.6. The lowest BCUT2D eigenvalue weighted by atomic mass is 10.1. The van der Waals surface area contributed by atoms with Gasteiger partial charge in [-0.25, -0.2) is 18.1 Å². The van der Waals surface area contributed by atoms with Crippen LogP contribution in [0.3, 0.4) is 0 Å². The first-order valence-electron chi connectivity index (χ1n) is 6.80. The molecule has 0 aliphatic rings. The topological polar surface area (TPSA) is 64.8 Å². The monoisotopic (exact) mass is 307 g/mol. The van der Waals surface area contributed by atoms with Gasteiger partial charge in [0.05, 0.1) is 10.4 Å². The van der Waals surface area contributed by atoms with Crippen LogP contribution in [0.4, 0.5) is 0 Å². The third-order valence-corrected chi connectivity index (χ3v) is 5.02. The fourth-order valence-corrected chi connectivity index (χ4v) is 3.42. The minimum absolute atomic E-state index is 0.146. The van der Waals surface area contributed by atoms with Gasteiger partial charge in [-0.05, 0) is 57.9 Å². The summed E-state index contributed by atoms with van der Waals surface area (Å²) in [6, 6.07) is 5.19. The summed E-state index contributed by atoms with van der Waals surface area (Å²) in [5.74, 6) is 0.313. The fraction of sp³-hybridized carbons (Fsp3) is 0.467. The largest absolute Gasteiger partial charge is 0.244 e. The van der Waals surface area contributed by atoms with Crippen LogP contribution in [0.5, 0.6) is 0 Å². The quantitative estimate of drug-likeness (QED) is 0.874. The van der Waals surface area contributed by atoms with Crippen molar-refractivity contribution < 1.29 is 8.42 Å². The molecule has 0 unspecified atom stereocenters. The zero-order valence-electron chi connectivity index (χ0n) is 13.1. The highest BCUT2D eigenvalue weighted by Crippen LogP contribution is 2.21. The van der Waals surface area contributed by atoms with Crippen LogP contribution in [0.2, 0.25) is 0 Å². The Bertz CT molecular complexity index is 755. The molecule has 21 heavy (non-hydrogen) atoms. The van der Waals surface area contributed by atoms with E-state index in [1.165, 1.54) is 6.33 Å². The van der Waals surface area contributed by atoms with Gasteiger partial charge < -0.3 is 0 Å². The van der Waals surface area contributed by atoms with Crippen LogP contribution in [0.1, 0.15) is 37.7 Å². The summed E-state index contributed by atoms with van der Waals surface area (Å²) in [6.45, 7) is 9.77. The molecule has 2 aromatic rings. The van der Waals surface area contributed by atoms with Crippen molar-refractivity contribution in [3.8, 4) is 0 Å². The molecule has 0 radical (unpaired) electrons. The van der Waals surface area contributed by atoms with Crippen LogP contribution in [0.15, 0.2) is 29.4 Å². The predicted molar refractivity (Wildman–Crippen MR) is 81.8 cm³/mol. The zero-order valence-corrected chi connectivity index (χ0v) is 13.9. The van der Waals surface area contributed by atoms with Crippen molar-refractivity contribution in [2.45, 2.75) is 50.8 Å². The first-order valence-corrected chi connectivity index (χ1v) is 8.46. The molecule has 0 bridgehead atoms. The molecule has 0 spiro atoms. The van der Waals surface area contributed by atoms with Crippen LogP contribution < -0.4 is 0 Å². The van der Waals surface area contributed by atoms with E-state index in [0.717, 1.165) is 11.1 Å². The first-order chi connectivity index (χ1) is 9.61. The second-order valence-electron chi connectivity index (χ2n) is 6.26. The Morgan fingerprint density at radius 3 is 2.38 bits per heavy atom. The second kappa shape index (κ2) is 5.26. The predicted octanol–water partition coefficient (Wildman–Crippen LogP) is 2.62. The van der Waals surface area contributed by atoms with Crippen molar-refractivity contribution in [2.24, 2.45) is 0 Å². The van der Waals surface area contributed by atoms with Gasteiger partial charge in [-0.2, -0.15) is 5.10 Å². The Morgan fingerprint density at radius 2 is 1.81 bits per heavy atom. The van der Waals surface area contributed by atoms with Crippen LogP contribution in [0.25, 0.3) is 0 Å². The number of rotatable bonds is 3. The van der Waals surface area contributed by atoms with Gasteiger partial charge in [-0.3, -0.25) is 0 Å². The van der Waals surface area contributed by atoms with Gasteiger partial charge in [0.25, 0.3) is 0 Å². The Kier molecular flexibility index (Phi) is 3.93. The number of sulfone groups is 1. The minimum Gasteiger partial charge on any atom is -0.244 e. The lowest BCUT2D eigenvalue weighted by Crippen LogP contribution is -2.26. The van der Waals surface area contributed by atoms with Crippen molar-refractivity contribution in [1.29, 1.82) is 0 Å². The molecule has 1 heterocycles. The van der Waals surface area contributed by atoms with Crippen molar-refractivity contribution >= 4 is 9.84 Å². The number of hydrogen-bond donors (Lipinski definition) is 0. The normalized spacial score (nSPS) is 12.6. The minimum atomic E-state index is -3.43. The van der Waals surface area contributed by atoms with E-state index in [2.05, 4.69) is 10.1 Å². The summed E-state index contributed by atoms with van der Waals surface area (Å²) in [5, 5.41) is 4.14. The highest BCUT2D eigenvalue weighted by atomic mass is 32.2. The van der Waals surface area contributed by atoms with E-state index in [4.69, 9.17) is 0 Å². The van der Waals surface area contributed by atoms with Gasteiger partial charge in [0.1, 0.15) is 17.9 Å². The van der Waals surface area contributed by atoms with E-state index in [9.17, 15) is 8.42 Å². The summed E-state index contributed by atoms with van der Waals surface area (Å²) in [5.41, 5.74) is 1.74. The van der Waals surface area contributed by atoms with Crippen LogP contribution >= 0.6 is 0 Å². The Labute approximate surface area is 125 Å². The maximum absolute atomic E-state index is 12.6. The molecular weight excluding hydrogens is 286 g/mol. The molecule has 0 atom stereocenters. The Morgan fingerprint density at radius 1 is 1.14 bits per heavy atom. The Balaban J connectivity index is 2.38. The molecule has 6 heteroatoms. The van der Waals surface area contributed by atoms with E-state index in [1.807, 2.05) is 40.7 Å². The highest BCUT2D eigenvalue weighted by molar-refractivity contribution is 7.90. The SMILES string of the molecule is Cc1ccc(S(=O)(=O)Cc2ncnn2C(C)(C)C)cc1C. The molecule has 1 aromatic heterocycles. The van der Waals surface area contributed by atoms with E-state index >= 15 is 0 Å². The zero-order chi connectivity index (χ0) is 15.8. The summed E-state index contributed by atoms with van der Waals surface area (Å²) in [7, 11) is -3.43. The molecule has 114 valence electrons. The number of aromatic nitrogens is 3. The van der Waals surface area contributed by atoms with Crippen molar-refractivity contribution in [1.82, 2.24) is 14.8 Å².